The number of benzene rings is 2. The number of nitrogens with zero attached hydrogens (tertiary/aromatic N) is 2. The van der Waals surface area contributed by atoms with E-state index < -0.39 is 0 Å². The standard InChI is InChI=1S/C20H21N3O3/c1-14-20(25)23(18-9-4-3-8-17(18)22-14)11-10-19(24)21-13-15-6-5-7-16(12-15)26-2/h3-9,12H,10-11,13H2,1-2H3,(H,21,24). The normalized spacial score (nSPS) is 10.7. The lowest BCUT2D eigenvalue weighted by atomic mass is 10.2. The van der Waals surface area contributed by atoms with Crippen molar-refractivity contribution in [3.05, 3.63) is 70.1 Å². The van der Waals surface area contributed by atoms with Crippen molar-refractivity contribution in [2.24, 2.45) is 0 Å². The van der Waals surface area contributed by atoms with E-state index in [-0.39, 0.29) is 17.9 Å². The van der Waals surface area contributed by atoms with Gasteiger partial charge in [0.1, 0.15) is 11.4 Å². The van der Waals surface area contributed by atoms with Crippen molar-refractivity contribution >= 4 is 16.9 Å². The van der Waals surface area contributed by atoms with Gasteiger partial charge in [0.2, 0.25) is 5.91 Å². The Morgan fingerprint density at radius 3 is 2.81 bits per heavy atom. The Hall–Kier alpha value is -3.15. The third-order valence-electron chi connectivity index (χ3n) is 4.20. The van der Waals surface area contributed by atoms with Crippen LogP contribution in [0.4, 0.5) is 0 Å². The lowest BCUT2D eigenvalue weighted by Gasteiger charge is -2.11. The van der Waals surface area contributed by atoms with Crippen molar-refractivity contribution in [2.45, 2.75) is 26.4 Å². The Kier molecular flexibility index (Phi) is 5.31. The number of aromatic nitrogens is 2. The number of rotatable bonds is 6. The van der Waals surface area contributed by atoms with Crippen LogP contribution in [0.5, 0.6) is 5.75 Å². The van der Waals surface area contributed by atoms with Gasteiger partial charge in [0, 0.05) is 19.5 Å². The van der Waals surface area contributed by atoms with Crippen LogP contribution in [0.25, 0.3) is 11.0 Å². The summed E-state index contributed by atoms with van der Waals surface area (Å²) < 4.78 is 6.79. The lowest BCUT2D eigenvalue weighted by molar-refractivity contribution is -0.121. The van der Waals surface area contributed by atoms with Crippen LogP contribution < -0.4 is 15.6 Å². The van der Waals surface area contributed by atoms with Crippen molar-refractivity contribution in [1.82, 2.24) is 14.9 Å². The molecule has 0 saturated carbocycles. The number of para-hydroxylation sites is 2. The molecule has 0 spiro atoms. The highest BCUT2D eigenvalue weighted by Gasteiger charge is 2.09. The molecule has 1 amide bonds. The third kappa shape index (κ3) is 3.91. The topological polar surface area (TPSA) is 73.2 Å². The van der Waals surface area contributed by atoms with Gasteiger partial charge in [-0.1, -0.05) is 24.3 Å². The van der Waals surface area contributed by atoms with E-state index in [0.29, 0.717) is 18.8 Å². The van der Waals surface area contributed by atoms with E-state index in [9.17, 15) is 9.59 Å². The van der Waals surface area contributed by atoms with E-state index in [4.69, 9.17) is 4.74 Å². The van der Waals surface area contributed by atoms with E-state index in [1.54, 1.807) is 18.6 Å². The molecule has 1 heterocycles. The number of aryl methyl sites for hydroxylation is 2. The van der Waals surface area contributed by atoms with Gasteiger partial charge >= 0.3 is 0 Å². The molecule has 0 aliphatic heterocycles. The first-order valence-electron chi connectivity index (χ1n) is 8.44. The SMILES string of the molecule is COc1cccc(CNC(=O)CCn2c(=O)c(C)nc3ccccc32)c1. The second-order valence-electron chi connectivity index (χ2n) is 6.02. The first-order chi connectivity index (χ1) is 12.6. The van der Waals surface area contributed by atoms with Crippen LogP contribution in [0, 0.1) is 6.92 Å². The number of fused-ring (bicyclic) bond motifs is 1. The van der Waals surface area contributed by atoms with Gasteiger partial charge < -0.3 is 14.6 Å². The van der Waals surface area contributed by atoms with Crippen molar-refractivity contribution in [1.29, 1.82) is 0 Å². The van der Waals surface area contributed by atoms with Crippen LogP contribution in [0.15, 0.2) is 53.3 Å². The van der Waals surface area contributed by atoms with E-state index in [1.165, 1.54) is 0 Å². The number of ether oxygens (including phenoxy) is 1. The van der Waals surface area contributed by atoms with Crippen LogP contribution in [0.1, 0.15) is 17.7 Å². The van der Waals surface area contributed by atoms with Gasteiger partial charge in [-0.25, -0.2) is 4.98 Å². The van der Waals surface area contributed by atoms with Crippen LogP contribution in [0.3, 0.4) is 0 Å². The van der Waals surface area contributed by atoms with E-state index in [1.807, 2.05) is 48.5 Å². The fourth-order valence-electron chi connectivity index (χ4n) is 2.83. The van der Waals surface area contributed by atoms with E-state index in [0.717, 1.165) is 22.3 Å². The number of hydrogen-bond acceptors (Lipinski definition) is 4. The maximum absolute atomic E-state index is 12.4. The number of carbonyl (C=O) groups excluding carboxylic acids is 1. The fraction of sp³-hybridized carbons (Fsp3) is 0.250. The summed E-state index contributed by atoms with van der Waals surface area (Å²) in [5.41, 5.74) is 2.72. The monoisotopic (exact) mass is 351 g/mol. The molecule has 0 bridgehead atoms. The van der Waals surface area contributed by atoms with Gasteiger partial charge in [-0.3, -0.25) is 9.59 Å². The molecule has 1 N–H and O–H groups in total. The number of nitrogens with one attached hydrogen (secondary N) is 1. The molecule has 6 nitrogen and oxygen atoms in total. The Balaban J connectivity index is 1.67. The summed E-state index contributed by atoms with van der Waals surface area (Å²) in [7, 11) is 1.61. The predicted octanol–water partition coefficient (Wildman–Crippen LogP) is 2.42. The fourth-order valence-corrected chi connectivity index (χ4v) is 2.83. The summed E-state index contributed by atoms with van der Waals surface area (Å²) in [6, 6.07) is 15.0. The van der Waals surface area contributed by atoms with Gasteiger partial charge in [-0.05, 0) is 36.8 Å². The van der Waals surface area contributed by atoms with Gasteiger partial charge in [0.05, 0.1) is 18.1 Å². The number of amides is 1. The quantitative estimate of drug-likeness (QED) is 0.740. The minimum Gasteiger partial charge on any atom is -0.497 e. The van der Waals surface area contributed by atoms with Gasteiger partial charge in [-0.15, -0.1) is 0 Å². The number of methoxy groups -OCH3 is 1. The summed E-state index contributed by atoms with van der Waals surface area (Å²) in [5.74, 6) is 0.639. The van der Waals surface area contributed by atoms with Crippen molar-refractivity contribution in [2.75, 3.05) is 7.11 Å². The first-order valence-corrected chi connectivity index (χ1v) is 8.44. The van der Waals surface area contributed by atoms with Gasteiger partial charge in [-0.2, -0.15) is 0 Å². The predicted molar refractivity (Wildman–Crippen MR) is 100 cm³/mol. The molecule has 0 saturated heterocycles. The molecule has 0 atom stereocenters. The Labute approximate surface area is 151 Å². The molecule has 3 rings (SSSR count). The molecule has 0 unspecified atom stereocenters. The molecule has 0 radical (unpaired) electrons. The molecule has 3 aromatic rings. The molecule has 6 heteroatoms. The molecule has 26 heavy (non-hydrogen) atoms. The van der Waals surface area contributed by atoms with E-state index in [2.05, 4.69) is 10.3 Å². The molecule has 134 valence electrons. The van der Waals surface area contributed by atoms with Crippen molar-refractivity contribution in [3.63, 3.8) is 0 Å². The maximum Gasteiger partial charge on any atom is 0.272 e. The summed E-state index contributed by atoms with van der Waals surface area (Å²) in [6.45, 7) is 2.42. The smallest absolute Gasteiger partial charge is 0.272 e. The summed E-state index contributed by atoms with van der Waals surface area (Å²) >= 11 is 0. The largest absolute Gasteiger partial charge is 0.497 e. The van der Waals surface area contributed by atoms with Crippen LogP contribution in [-0.4, -0.2) is 22.6 Å². The minimum atomic E-state index is -0.163. The maximum atomic E-state index is 12.4. The lowest BCUT2D eigenvalue weighted by Crippen LogP contribution is -2.28. The average Bonchev–Trinajstić information content (AvgIpc) is 2.67. The Morgan fingerprint density at radius 1 is 1.19 bits per heavy atom. The molecule has 0 aliphatic carbocycles. The zero-order valence-corrected chi connectivity index (χ0v) is 14.9. The second-order valence-corrected chi connectivity index (χ2v) is 6.02. The highest BCUT2D eigenvalue weighted by Crippen LogP contribution is 2.12. The highest BCUT2D eigenvalue weighted by molar-refractivity contribution is 5.77. The number of hydrogen-bond donors (Lipinski definition) is 1. The average molecular weight is 351 g/mol. The zero-order valence-electron chi connectivity index (χ0n) is 14.9. The van der Waals surface area contributed by atoms with E-state index >= 15 is 0 Å². The zero-order chi connectivity index (χ0) is 18.5. The van der Waals surface area contributed by atoms with Crippen LogP contribution in [0.2, 0.25) is 0 Å². The Bertz CT molecular complexity index is 995. The summed E-state index contributed by atoms with van der Waals surface area (Å²) in [4.78, 5) is 28.9. The molecule has 1 aromatic heterocycles. The molecule has 0 aliphatic rings. The van der Waals surface area contributed by atoms with Crippen molar-refractivity contribution in [3.8, 4) is 5.75 Å². The second kappa shape index (κ2) is 7.82. The highest BCUT2D eigenvalue weighted by atomic mass is 16.5. The minimum absolute atomic E-state index is 0.113. The number of carbonyl (C=O) groups is 1. The van der Waals surface area contributed by atoms with Crippen LogP contribution in [-0.2, 0) is 17.9 Å². The molecule has 2 aromatic carbocycles. The molecule has 0 fully saturated rings. The molecular weight excluding hydrogens is 330 g/mol. The van der Waals surface area contributed by atoms with Crippen LogP contribution >= 0.6 is 0 Å². The first kappa shape index (κ1) is 17.7. The summed E-state index contributed by atoms with van der Waals surface area (Å²) in [6.07, 6.45) is 0.220. The third-order valence-corrected chi connectivity index (χ3v) is 4.20. The van der Waals surface area contributed by atoms with Crippen molar-refractivity contribution < 1.29 is 9.53 Å². The van der Waals surface area contributed by atoms with Gasteiger partial charge in [0.15, 0.2) is 0 Å². The summed E-state index contributed by atoms with van der Waals surface area (Å²) in [5, 5.41) is 2.88. The van der Waals surface area contributed by atoms with Gasteiger partial charge in [0.25, 0.3) is 5.56 Å². The molecular formula is C20H21N3O3. The Morgan fingerprint density at radius 2 is 2.00 bits per heavy atom.